The lowest BCUT2D eigenvalue weighted by molar-refractivity contribution is 0.557. The van der Waals surface area contributed by atoms with E-state index < -0.39 is 8.32 Å². The van der Waals surface area contributed by atoms with Gasteiger partial charge >= 0.3 is 0 Å². The van der Waals surface area contributed by atoms with Crippen LogP contribution in [0.1, 0.15) is 12.5 Å². The van der Waals surface area contributed by atoms with Crippen molar-refractivity contribution in [2.24, 2.45) is 5.73 Å². The van der Waals surface area contributed by atoms with Gasteiger partial charge in [0.05, 0.1) is 0 Å². The molecule has 3 heteroatoms. The summed E-state index contributed by atoms with van der Waals surface area (Å²) in [6.07, 6.45) is 0.924. The van der Waals surface area contributed by atoms with Crippen LogP contribution < -0.4 is 10.2 Å². The van der Waals surface area contributed by atoms with E-state index in [9.17, 15) is 0 Å². The minimum Gasteiger partial charge on any atom is -0.544 e. The first-order valence-electron chi connectivity index (χ1n) is 5.40. The van der Waals surface area contributed by atoms with Crippen LogP contribution >= 0.6 is 0 Å². The highest BCUT2D eigenvalue weighted by Crippen LogP contribution is 2.17. The molecule has 1 atom stereocenters. The summed E-state index contributed by atoms with van der Waals surface area (Å²) in [4.78, 5) is 0. The standard InChI is InChI=1S/C12H21NOSi/c1-10(13)9-11-5-7-12(8-6-11)14-15(2,3)4/h5-8,10H,9,13H2,1-4H3. The fourth-order valence-corrected chi connectivity index (χ4v) is 2.26. The van der Waals surface area contributed by atoms with E-state index in [4.69, 9.17) is 10.2 Å². The molecule has 1 aromatic rings. The highest BCUT2D eigenvalue weighted by molar-refractivity contribution is 6.70. The third-order valence-electron chi connectivity index (χ3n) is 1.91. The maximum atomic E-state index is 5.87. The lowest BCUT2D eigenvalue weighted by Crippen LogP contribution is -2.29. The molecule has 0 amide bonds. The van der Waals surface area contributed by atoms with Gasteiger partial charge in [-0.05, 0) is 50.7 Å². The molecule has 0 radical (unpaired) electrons. The first kappa shape index (κ1) is 12.3. The van der Waals surface area contributed by atoms with Crippen LogP contribution in [-0.2, 0) is 6.42 Å². The Kier molecular flexibility index (Phi) is 3.94. The second kappa shape index (κ2) is 4.81. The maximum absolute atomic E-state index is 5.87. The molecule has 0 aliphatic rings. The van der Waals surface area contributed by atoms with Crippen molar-refractivity contribution in [2.75, 3.05) is 0 Å². The minimum atomic E-state index is -1.47. The van der Waals surface area contributed by atoms with Gasteiger partial charge in [-0.3, -0.25) is 0 Å². The van der Waals surface area contributed by atoms with Gasteiger partial charge in [-0.25, -0.2) is 0 Å². The van der Waals surface area contributed by atoms with Gasteiger partial charge in [0.1, 0.15) is 5.75 Å². The number of rotatable bonds is 4. The third kappa shape index (κ3) is 5.00. The number of hydrogen-bond acceptors (Lipinski definition) is 2. The molecule has 1 unspecified atom stereocenters. The zero-order valence-corrected chi connectivity index (χ0v) is 11.1. The van der Waals surface area contributed by atoms with E-state index in [1.165, 1.54) is 5.56 Å². The predicted molar refractivity (Wildman–Crippen MR) is 67.8 cm³/mol. The molecule has 0 aliphatic carbocycles. The van der Waals surface area contributed by atoms with E-state index >= 15 is 0 Å². The first-order valence-corrected chi connectivity index (χ1v) is 8.81. The summed E-state index contributed by atoms with van der Waals surface area (Å²) in [5, 5.41) is 0. The molecular weight excluding hydrogens is 202 g/mol. The number of nitrogens with two attached hydrogens (primary N) is 1. The smallest absolute Gasteiger partial charge is 0.242 e. The highest BCUT2D eigenvalue weighted by Gasteiger charge is 2.15. The van der Waals surface area contributed by atoms with Crippen molar-refractivity contribution in [1.29, 1.82) is 0 Å². The number of hydrogen-bond donors (Lipinski definition) is 1. The van der Waals surface area contributed by atoms with Gasteiger partial charge in [-0.15, -0.1) is 0 Å². The molecule has 0 saturated heterocycles. The summed E-state index contributed by atoms with van der Waals surface area (Å²) in [5.74, 6) is 0.975. The average molecular weight is 223 g/mol. The molecular formula is C12H21NOSi. The fourth-order valence-electron chi connectivity index (χ4n) is 1.42. The molecule has 0 aliphatic heterocycles. The second-order valence-electron chi connectivity index (χ2n) is 5.04. The molecule has 0 fully saturated rings. The Morgan fingerprint density at radius 2 is 1.73 bits per heavy atom. The van der Waals surface area contributed by atoms with E-state index in [0.29, 0.717) is 0 Å². The van der Waals surface area contributed by atoms with Crippen molar-refractivity contribution >= 4 is 8.32 Å². The van der Waals surface area contributed by atoms with Gasteiger partial charge in [-0.2, -0.15) is 0 Å². The lowest BCUT2D eigenvalue weighted by Gasteiger charge is -2.19. The first-order chi connectivity index (χ1) is 6.87. The van der Waals surface area contributed by atoms with E-state index in [0.717, 1.165) is 12.2 Å². The molecule has 15 heavy (non-hydrogen) atoms. The zero-order chi connectivity index (χ0) is 11.5. The third-order valence-corrected chi connectivity index (χ3v) is 2.75. The summed E-state index contributed by atoms with van der Waals surface area (Å²) < 4.78 is 5.87. The van der Waals surface area contributed by atoms with Gasteiger partial charge in [0.25, 0.3) is 0 Å². The van der Waals surface area contributed by atoms with E-state index in [2.05, 4.69) is 31.8 Å². The molecule has 0 heterocycles. The fraction of sp³-hybridized carbons (Fsp3) is 0.500. The van der Waals surface area contributed by atoms with Crippen LogP contribution in [0.5, 0.6) is 5.75 Å². The van der Waals surface area contributed by atoms with Gasteiger partial charge in [0.2, 0.25) is 8.32 Å². The van der Waals surface area contributed by atoms with Crippen molar-refractivity contribution in [2.45, 2.75) is 39.0 Å². The normalized spacial score (nSPS) is 13.7. The molecule has 84 valence electrons. The van der Waals surface area contributed by atoms with Gasteiger partial charge in [0, 0.05) is 6.04 Å². The second-order valence-corrected chi connectivity index (χ2v) is 9.47. The van der Waals surface area contributed by atoms with Crippen molar-refractivity contribution < 1.29 is 4.43 Å². The molecule has 2 N–H and O–H groups in total. The van der Waals surface area contributed by atoms with Crippen molar-refractivity contribution in [3.63, 3.8) is 0 Å². The Morgan fingerprint density at radius 1 is 1.20 bits per heavy atom. The van der Waals surface area contributed by atoms with Crippen molar-refractivity contribution in [3.8, 4) is 5.75 Å². The van der Waals surface area contributed by atoms with Crippen LogP contribution in [0.2, 0.25) is 19.6 Å². The molecule has 0 spiro atoms. The SMILES string of the molecule is CC(N)Cc1ccc(O[Si](C)(C)C)cc1. The van der Waals surface area contributed by atoms with Gasteiger partial charge in [0.15, 0.2) is 0 Å². The predicted octanol–water partition coefficient (Wildman–Crippen LogP) is 2.79. The van der Waals surface area contributed by atoms with Gasteiger partial charge < -0.3 is 10.2 Å². The largest absolute Gasteiger partial charge is 0.544 e. The van der Waals surface area contributed by atoms with Crippen LogP contribution in [-0.4, -0.2) is 14.4 Å². The topological polar surface area (TPSA) is 35.2 Å². The highest BCUT2D eigenvalue weighted by atomic mass is 28.4. The number of benzene rings is 1. The van der Waals surface area contributed by atoms with Gasteiger partial charge in [-0.1, -0.05) is 12.1 Å². The molecule has 2 nitrogen and oxygen atoms in total. The van der Waals surface area contributed by atoms with E-state index in [1.807, 2.05) is 19.1 Å². The summed E-state index contributed by atoms with van der Waals surface area (Å²) in [7, 11) is -1.47. The molecule has 1 rings (SSSR count). The Labute approximate surface area is 93.6 Å². The summed E-state index contributed by atoms with van der Waals surface area (Å²) in [6.45, 7) is 8.57. The van der Waals surface area contributed by atoms with Crippen LogP contribution in [0, 0.1) is 0 Å². The Hall–Kier alpha value is -0.803. The molecule has 0 saturated carbocycles. The summed E-state index contributed by atoms with van der Waals surface area (Å²) >= 11 is 0. The van der Waals surface area contributed by atoms with Crippen LogP contribution in [0.4, 0.5) is 0 Å². The van der Waals surface area contributed by atoms with Crippen LogP contribution in [0.25, 0.3) is 0 Å². The van der Waals surface area contributed by atoms with E-state index in [1.54, 1.807) is 0 Å². The average Bonchev–Trinajstić information content (AvgIpc) is 2.05. The summed E-state index contributed by atoms with van der Waals surface area (Å²) in [5.41, 5.74) is 7.01. The quantitative estimate of drug-likeness (QED) is 0.797. The maximum Gasteiger partial charge on any atom is 0.242 e. The van der Waals surface area contributed by atoms with Crippen LogP contribution in [0.3, 0.4) is 0 Å². The molecule has 0 aromatic heterocycles. The summed E-state index contributed by atoms with van der Waals surface area (Å²) in [6, 6.07) is 8.48. The minimum absolute atomic E-state index is 0.216. The van der Waals surface area contributed by atoms with Crippen molar-refractivity contribution in [3.05, 3.63) is 29.8 Å². The Bertz CT molecular complexity index is 300. The van der Waals surface area contributed by atoms with Crippen molar-refractivity contribution in [1.82, 2.24) is 0 Å². The van der Waals surface area contributed by atoms with E-state index in [-0.39, 0.29) is 6.04 Å². The molecule has 1 aromatic carbocycles. The Morgan fingerprint density at radius 3 is 2.13 bits per heavy atom. The monoisotopic (exact) mass is 223 g/mol. The molecule has 0 bridgehead atoms. The van der Waals surface area contributed by atoms with Crippen LogP contribution in [0.15, 0.2) is 24.3 Å². The Balaban J connectivity index is 2.64. The lowest BCUT2D eigenvalue weighted by atomic mass is 10.1. The zero-order valence-electron chi connectivity index (χ0n) is 10.1.